The molecule has 0 saturated heterocycles. The average Bonchev–Trinajstić information content (AvgIpc) is 3.23. The molecule has 1 aliphatic heterocycles. The molecule has 0 amide bonds. The molecule has 2 aliphatic rings. The van der Waals surface area contributed by atoms with Gasteiger partial charge in [-0.25, -0.2) is 0 Å². The second-order valence-corrected chi connectivity index (χ2v) is 7.50. The zero-order valence-electron chi connectivity index (χ0n) is 15.1. The van der Waals surface area contributed by atoms with Crippen LogP contribution in [0.15, 0.2) is 22.6 Å². The van der Waals surface area contributed by atoms with E-state index in [1.807, 2.05) is 6.92 Å². The van der Waals surface area contributed by atoms with Crippen LogP contribution in [0, 0.1) is 12.8 Å². The lowest BCUT2D eigenvalue weighted by Crippen LogP contribution is -2.29. The van der Waals surface area contributed by atoms with Crippen LogP contribution in [0.4, 0.5) is 0 Å². The van der Waals surface area contributed by atoms with Crippen molar-refractivity contribution in [3.8, 4) is 5.75 Å². The molecule has 5 heteroatoms. The number of nitrogens with zero attached hydrogens (tertiary/aromatic N) is 2. The van der Waals surface area contributed by atoms with Crippen LogP contribution in [-0.2, 0) is 12.8 Å². The van der Waals surface area contributed by atoms with Gasteiger partial charge in [0.05, 0.1) is 6.61 Å². The molecule has 1 aliphatic carbocycles. The summed E-state index contributed by atoms with van der Waals surface area (Å²) in [5, 5.41) is 11.9. The summed E-state index contributed by atoms with van der Waals surface area (Å²) >= 11 is 0. The fraction of sp³-hybridized carbons (Fsp3) is 0.600. The number of fused-ring (bicyclic) bond motifs is 1. The number of hydrogen-bond acceptors (Lipinski definition) is 5. The molecule has 4 rings (SSSR count). The normalized spacial score (nSPS) is 23.9. The number of aryl methyl sites for hydroxylation is 2. The molecule has 1 aromatic heterocycles. The van der Waals surface area contributed by atoms with E-state index in [1.54, 1.807) is 0 Å². The topological polar surface area (TPSA) is 60.2 Å². The van der Waals surface area contributed by atoms with Crippen LogP contribution >= 0.6 is 0 Å². The number of benzene rings is 1. The predicted octanol–water partition coefficient (Wildman–Crippen LogP) is 3.77. The van der Waals surface area contributed by atoms with Crippen LogP contribution in [0.2, 0.25) is 0 Å². The lowest BCUT2D eigenvalue weighted by molar-refractivity contribution is 0.288. The van der Waals surface area contributed by atoms with Crippen molar-refractivity contribution in [2.45, 2.75) is 64.5 Å². The molecule has 134 valence electrons. The number of hydrogen-bond donors (Lipinski definition) is 1. The summed E-state index contributed by atoms with van der Waals surface area (Å²) in [5.74, 6) is 3.15. The number of aromatic nitrogens is 2. The zero-order chi connectivity index (χ0) is 17.2. The molecule has 0 bridgehead atoms. The first-order valence-corrected chi connectivity index (χ1v) is 9.48. The molecule has 25 heavy (non-hydrogen) atoms. The monoisotopic (exact) mass is 341 g/mol. The number of ether oxygens (including phenoxy) is 1. The average molecular weight is 341 g/mol. The Kier molecular flexibility index (Phi) is 4.75. The van der Waals surface area contributed by atoms with Gasteiger partial charge in [0.1, 0.15) is 5.75 Å². The summed E-state index contributed by atoms with van der Waals surface area (Å²) in [5.41, 5.74) is 2.72. The highest BCUT2D eigenvalue weighted by Crippen LogP contribution is 2.32. The molecular formula is C20H27N3O2. The van der Waals surface area contributed by atoms with Crippen molar-refractivity contribution in [1.29, 1.82) is 0 Å². The van der Waals surface area contributed by atoms with Crippen molar-refractivity contribution >= 4 is 0 Å². The van der Waals surface area contributed by atoms with E-state index in [-0.39, 0.29) is 0 Å². The van der Waals surface area contributed by atoms with Gasteiger partial charge in [0.25, 0.3) is 0 Å². The highest BCUT2D eigenvalue weighted by Gasteiger charge is 2.27. The van der Waals surface area contributed by atoms with Crippen LogP contribution in [0.1, 0.15) is 61.6 Å². The van der Waals surface area contributed by atoms with Crippen molar-refractivity contribution in [3.63, 3.8) is 0 Å². The third kappa shape index (κ3) is 3.87. The third-order valence-corrected chi connectivity index (χ3v) is 5.49. The summed E-state index contributed by atoms with van der Waals surface area (Å²) in [6.45, 7) is 4.96. The Morgan fingerprint density at radius 2 is 2.20 bits per heavy atom. The van der Waals surface area contributed by atoms with Gasteiger partial charge in [0, 0.05) is 25.4 Å². The highest BCUT2D eigenvalue weighted by molar-refractivity contribution is 5.39. The van der Waals surface area contributed by atoms with Crippen molar-refractivity contribution < 1.29 is 9.15 Å². The second-order valence-electron chi connectivity index (χ2n) is 7.50. The molecule has 1 fully saturated rings. The van der Waals surface area contributed by atoms with E-state index in [9.17, 15) is 0 Å². The first-order chi connectivity index (χ1) is 12.2. The molecule has 1 saturated carbocycles. The van der Waals surface area contributed by atoms with Gasteiger partial charge in [0.15, 0.2) is 0 Å². The summed E-state index contributed by atoms with van der Waals surface area (Å²) in [6, 6.07) is 7.59. The van der Waals surface area contributed by atoms with Crippen molar-refractivity contribution in [3.05, 3.63) is 41.1 Å². The van der Waals surface area contributed by atoms with E-state index < -0.39 is 0 Å². The molecule has 0 spiro atoms. The summed E-state index contributed by atoms with van der Waals surface area (Å²) in [4.78, 5) is 0. The first-order valence-electron chi connectivity index (χ1n) is 9.48. The molecule has 1 aromatic carbocycles. The maximum absolute atomic E-state index is 5.72. The van der Waals surface area contributed by atoms with Gasteiger partial charge >= 0.3 is 0 Å². The van der Waals surface area contributed by atoms with E-state index in [0.29, 0.717) is 23.9 Å². The number of rotatable bonds is 5. The molecule has 1 N–H and O–H groups in total. The van der Waals surface area contributed by atoms with Gasteiger partial charge in [-0.15, -0.1) is 10.2 Å². The van der Waals surface area contributed by atoms with E-state index in [2.05, 4.69) is 40.6 Å². The first kappa shape index (κ1) is 16.6. The highest BCUT2D eigenvalue weighted by atomic mass is 16.5. The van der Waals surface area contributed by atoms with Crippen LogP contribution in [0.25, 0.3) is 0 Å². The van der Waals surface area contributed by atoms with E-state index in [0.717, 1.165) is 37.5 Å². The second kappa shape index (κ2) is 7.16. The molecule has 5 nitrogen and oxygen atoms in total. The van der Waals surface area contributed by atoms with Gasteiger partial charge in [-0.3, -0.25) is 0 Å². The fourth-order valence-electron chi connectivity index (χ4n) is 4.18. The van der Waals surface area contributed by atoms with Gasteiger partial charge in [0.2, 0.25) is 11.8 Å². The molecule has 2 heterocycles. The van der Waals surface area contributed by atoms with Crippen LogP contribution in [-0.4, -0.2) is 22.8 Å². The molecule has 1 unspecified atom stereocenters. The van der Waals surface area contributed by atoms with Crippen LogP contribution < -0.4 is 10.1 Å². The molecule has 0 radical (unpaired) electrons. The van der Waals surface area contributed by atoms with E-state index >= 15 is 0 Å². The Labute approximate surface area is 149 Å². The summed E-state index contributed by atoms with van der Waals surface area (Å²) in [6.07, 6.45) is 6.78. The Morgan fingerprint density at radius 3 is 3.04 bits per heavy atom. The van der Waals surface area contributed by atoms with Crippen LogP contribution in [0.3, 0.4) is 0 Å². The smallest absolute Gasteiger partial charge is 0.216 e. The van der Waals surface area contributed by atoms with E-state index in [4.69, 9.17) is 9.15 Å². The minimum Gasteiger partial charge on any atom is -0.493 e. The third-order valence-electron chi connectivity index (χ3n) is 5.49. The SMILES string of the molecule is Cc1nnc(C[C@@H]2CC[C@H](NC(C)c3ccc4c(c3)CCCO4)C2)o1. The maximum Gasteiger partial charge on any atom is 0.216 e. The fourth-order valence-corrected chi connectivity index (χ4v) is 4.18. The Balaban J connectivity index is 1.33. The standard InChI is InChI=1S/C20H27N3O2/c1-13(16-6-8-19-17(12-16)4-3-9-24-19)21-18-7-5-15(10-18)11-20-23-22-14(2)25-20/h6,8,12-13,15,18,21H,3-5,7,9-11H2,1-2H3/t13?,15-,18+/m1/s1. The molecule has 3 atom stereocenters. The van der Waals surface area contributed by atoms with Gasteiger partial charge in [-0.1, -0.05) is 12.1 Å². The van der Waals surface area contributed by atoms with Crippen LogP contribution in [0.5, 0.6) is 5.75 Å². The zero-order valence-corrected chi connectivity index (χ0v) is 15.1. The molecular weight excluding hydrogens is 314 g/mol. The molecule has 2 aromatic rings. The minimum atomic E-state index is 0.363. The van der Waals surface area contributed by atoms with Gasteiger partial charge in [-0.05, 0) is 62.1 Å². The predicted molar refractivity (Wildman–Crippen MR) is 95.7 cm³/mol. The maximum atomic E-state index is 5.72. The Hall–Kier alpha value is -1.88. The Morgan fingerprint density at radius 1 is 1.28 bits per heavy atom. The summed E-state index contributed by atoms with van der Waals surface area (Å²) < 4.78 is 11.3. The van der Waals surface area contributed by atoms with Gasteiger partial charge < -0.3 is 14.5 Å². The largest absolute Gasteiger partial charge is 0.493 e. The van der Waals surface area contributed by atoms with E-state index in [1.165, 1.54) is 30.4 Å². The summed E-state index contributed by atoms with van der Waals surface area (Å²) in [7, 11) is 0. The lowest BCUT2D eigenvalue weighted by atomic mass is 9.99. The van der Waals surface area contributed by atoms with Crippen molar-refractivity contribution in [2.75, 3.05) is 6.61 Å². The number of nitrogens with one attached hydrogen (secondary N) is 1. The minimum absolute atomic E-state index is 0.363. The lowest BCUT2D eigenvalue weighted by Gasteiger charge is -2.23. The van der Waals surface area contributed by atoms with Crippen molar-refractivity contribution in [2.24, 2.45) is 5.92 Å². The quantitative estimate of drug-likeness (QED) is 0.897. The van der Waals surface area contributed by atoms with Crippen molar-refractivity contribution in [1.82, 2.24) is 15.5 Å². The van der Waals surface area contributed by atoms with Gasteiger partial charge in [-0.2, -0.15) is 0 Å². The Bertz CT molecular complexity index is 727.